The summed E-state index contributed by atoms with van der Waals surface area (Å²) in [4.78, 5) is 18.8. The van der Waals surface area contributed by atoms with E-state index in [1.165, 1.54) is 0 Å². The van der Waals surface area contributed by atoms with Crippen molar-refractivity contribution in [2.45, 2.75) is 45.4 Å². The van der Waals surface area contributed by atoms with E-state index in [0.717, 1.165) is 51.1 Å². The number of benzene rings is 3. The van der Waals surface area contributed by atoms with E-state index in [1.807, 2.05) is 67.6 Å². The zero-order valence-corrected chi connectivity index (χ0v) is 21.4. The maximum atomic E-state index is 13.7. The average Bonchev–Trinajstić information content (AvgIpc) is 3.24. The molecule has 3 aromatic carbocycles. The number of hydrogen-bond donors (Lipinski definition) is 3. The first-order valence-electron chi connectivity index (χ1n) is 12.4. The van der Waals surface area contributed by atoms with Crippen LogP contribution in [0.15, 0.2) is 72.8 Å². The Morgan fingerprint density at radius 3 is 2.50 bits per heavy atom. The summed E-state index contributed by atoms with van der Waals surface area (Å²) in [5.74, 6) is 0.616. The number of para-hydroxylation sites is 1. The molecule has 2 atom stereocenters. The van der Waals surface area contributed by atoms with E-state index < -0.39 is 12.3 Å². The lowest BCUT2D eigenvalue weighted by Crippen LogP contribution is -2.50. The van der Waals surface area contributed by atoms with E-state index in [9.17, 15) is 9.90 Å². The fourth-order valence-corrected chi connectivity index (χ4v) is 4.73. The second-order valence-corrected chi connectivity index (χ2v) is 9.21. The number of aromatic nitrogens is 1. The normalized spacial score (nSPS) is 12.9. The lowest BCUT2D eigenvalue weighted by molar-refractivity contribution is -0.121. The van der Waals surface area contributed by atoms with Crippen LogP contribution in [-0.2, 0) is 24.1 Å². The van der Waals surface area contributed by atoms with Crippen LogP contribution in [0.25, 0.3) is 10.9 Å². The molecule has 0 fully saturated rings. The number of methoxy groups -OCH3 is 1. The van der Waals surface area contributed by atoms with Crippen LogP contribution in [0.5, 0.6) is 5.75 Å². The molecular formula is C30H35N3O3. The molecular weight excluding hydrogens is 450 g/mol. The summed E-state index contributed by atoms with van der Waals surface area (Å²) < 4.78 is 5.25. The number of hydrogen-bond acceptors (Lipinski definition) is 4. The third-order valence-corrected chi connectivity index (χ3v) is 6.66. The molecule has 1 heterocycles. The number of amides is 1. The second kappa shape index (κ2) is 11.4. The molecule has 4 rings (SSSR count). The van der Waals surface area contributed by atoms with Gasteiger partial charge in [0.05, 0.1) is 13.2 Å². The molecule has 0 spiro atoms. The number of carbonyl (C=O) groups is 1. The molecule has 0 bridgehead atoms. The van der Waals surface area contributed by atoms with Crippen LogP contribution < -0.4 is 15.0 Å². The van der Waals surface area contributed by atoms with Crippen molar-refractivity contribution >= 4 is 22.5 Å². The van der Waals surface area contributed by atoms with Crippen LogP contribution in [-0.4, -0.2) is 42.4 Å². The quantitative estimate of drug-likeness (QED) is 0.283. The first kappa shape index (κ1) is 25.5. The molecule has 6 heteroatoms. The number of aryl methyl sites for hydroxylation is 2. The molecule has 0 saturated heterocycles. The number of aliphatic hydroxyl groups excluding tert-OH is 1. The lowest BCUT2D eigenvalue weighted by atomic mass is 10.0. The third-order valence-electron chi connectivity index (χ3n) is 6.66. The minimum absolute atomic E-state index is 0.115. The molecule has 0 aliphatic heterocycles. The van der Waals surface area contributed by atoms with Gasteiger partial charge >= 0.3 is 0 Å². The van der Waals surface area contributed by atoms with Crippen molar-refractivity contribution in [3.8, 4) is 5.75 Å². The van der Waals surface area contributed by atoms with E-state index in [-0.39, 0.29) is 5.91 Å². The number of likely N-dealkylation sites (N-methyl/N-ethyl adjacent to an activating group) is 1. The van der Waals surface area contributed by atoms with Crippen LogP contribution in [0.4, 0.5) is 5.69 Å². The predicted molar refractivity (Wildman–Crippen MR) is 146 cm³/mol. The van der Waals surface area contributed by atoms with Crippen molar-refractivity contribution in [3.63, 3.8) is 0 Å². The summed E-state index contributed by atoms with van der Waals surface area (Å²) in [5, 5.41) is 15.5. The zero-order chi connectivity index (χ0) is 25.7. The molecule has 36 heavy (non-hydrogen) atoms. The Balaban J connectivity index is 1.58. The predicted octanol–water partition coefficient (Wildman–Crippen LogP) is 4.77. The van der Waals surface area contributed by atoms with Crippen molar-refractivity contribution in [2.24, 2.45) is 0 Å². The number of nitrogens with one attached hydrogen (secondary N) is 2. The second-order valence-electron chi connectivity index (χ2n) is 9.21. The molecule has 4 aromatic rings. The van der Waals surface area contributed by atoms with Gasteiger partial charge in [0, 0.05) is 35.8 Å². The Bertz CT molecular complexity index is 1310. The van der Waals surface area contributed by atoms with E-state index in [2.05, 4.69) is 29.4 Å². The van der Waals surface area contributed by atoms with Gasteiger partial charge in [0.25, 0.3) is 0 Å². The lowest BCUT2D eigenvalue weighted by Gasteiger charge is -2.27. The molecule has 1 amide bonds. The van der Waals surface area contributed by atoms with Gasteiger partial charge in [0.15, 0.2) is 0 Å². The van der Waals surface area contributed by atoms with E-state index in [0.29, 0.717) is 12.8 Å². The van der Waals surface area contributed by atoms with Gasteiger partial charge in [0.1, 0.15) is 12.0 Å². The zero-order valence-electron chi connectivity index (χ0n) is 21.4. The van der Waals surface area contributed by atoms with Crippen molar-refractivity contribution < 1.29 is 14.6 Å². The fraction of sp³-hybridized carbons (Fsp3) is 0.300. The van der Waals surface area contributed by atoms with Gasteiger partial charge < -0.3 is 19.7 Å². The minimum atomic E-state index is -0.891. The van der Waals surface area contributed by atoms with Crippen LogP contribution in [0.2, 0.25) is 0 Å². The Hall–Kier alpha value is -3.61. The molecule has 1 unspecified atom stereocenters. The van der Waals surface area contributed by atoms with Gasteiger partial charge in [-0.05, 0) is 61.2 Å². The SMILES string of the molecule is CCc1[nH]c2ccccc2c1CC(O)N[C@@H](Cc1cccc(C)c1)C(=O)N(C)c1ccc(OC)cc1. The Labute approximate surface area is 212 Å². The Morgan fingerprint density at radius 2 is 1.81 bits per heavy atom. The van der Waals surface area contributed by atoms with E-state index >= 15 is 0 Å². The molecule has 0 radical (unpaired) electrons. The first-order valence-corrected chi connectivity index (χ1v) is 12.4. The Kier molecular flexibility index (Phi) is 8.08. The molecule has 0 aliphatic rings. The topological polar surface area (TPSA) is 77.6 Å². The maximum absolute atomic E-state index is 13.7. The number of nitrogens with zero attached hydrogens (tertiary/aromatic N) is 1. The number of aromatic amines is 1. The van der Waals surface area contributed by atoms with Gasteiger partial charge in [-0.3, -0.25) is 10.1 Å². The van der Waals surface area contributed by atoms with Crippen molar-refractivity contribution in [1.82, 2.24) is 10.3 Å². The van der Waals surface area contributed by atoms with Crippen LogP contribution in [0, 0.1) is 6.92 Å². The highest BCUT2D eigenvalue weighted by molar-refractivity contribution is 5.97. The average molecular weight is 486 g/mol. The van der Waals surface area contributed by atoms with Crippen LogP contribution >= 0.6 is 0 Å². The highest BCUT2D eigenvalue weighted by atomic mass is 16.5. The molecule has 0 saturated carbocycles. The number of H-pyrrole nitrogens is 1. The summed E-state index contributed by atoms with van der Waals surface area (Å²) >= 11 is 0. The number of carbonyl (C=O) groups excluding carboxylic acids is 1. The molecule has 6 nitrogen and oxygen atoms in total. The summed E-state index contributed by atoms with van der Waals surface area (Å²) in [6, 6.07) is 23.0. The summed E-state index contributed by atoms with van der Waals surface area (Å²) in [6.07, 6.45) is 0.809. The number of anilines is 1. The first-order chi connectivity index (χ1) is 17.4. The summed E-state index contributed by atoms with van der Waals surface area (Å²) in [7, 11) is 3.38. The monoisotopic (exact) mass is 485 g/mol. The molecule has 3 N–H and O–H groups in total. The molecule has 188 valence electrons. The summed E-state index contributed by atoms with van der Waals surface area (Å²) in [5.41, 5.74) is 6.18. The highest BCUT2D eigenvalue weighted by Gasteiger charge is 2.26. The van der Waals surface area contributed by atoms with Gasteiger partial charge in [-0.15, -0.1) is 0 Å². The van der Waals surface area contributed by atoms with Crippen LogP contribution in [0.3, 0.4) is 0 Å². The van der Waals surface area contributed by atoms with Gasteiger partial charge in [-0.25, -0.2) is 0 Å². The van der Waals surface area contributed by atoms with E-state index in [4.69, 9.17) is 4.74 Å². The Morgan fingerprint density at radius 1 is 1.06 bits per heavy atom. The number of aliphatic hydroxyl groups is 1. The van der Waals surface area contributed by atoms with E-state index in [1.54, 1.807) is 19.1 Å². The fourth-order valence-electron chi connectivity index (χ4n) is 4.73. The smallest absolute Gasteiger partial charge is 0.244 e. The maximum Gasteiger partial charge on any atom is 0.244 e. The van der Waals surface area contributed by atoms with Crippen molar-refractivity contribution in [3.05, 3.63) is 95.2 Å². The van der Waals surface area contributed by atoms with Crippen molar-refractivity contribution in [2.75, 3.05) is 19.1 Å². The number of fused-ring (bicyclic) bond motifs is 1. The van der Waals surface area contributed by atoms with Gasteiger partial charge in [-0.1, -0.05) is 55.0 Å². The van der Waals surface area contributed by atoms with Crippen molar-refractivity contribution in [1.29, 1.82) is 0 Å². The molecule has 1 aromatic heterocycles. The minimum Gasteiger partial charge on any atom is -0.497 e. The number of ether oxygens (including phenoxy) is 1. The largest absolute Gasteiger partial charge is 0.497 e. The van der Waals surface area contributed by atoms with Gasteiger partial charge in [-0.2, -0.15) is 0 Å². The molecule has 0 aliphatic carbocycles. The van der Waals surface area contributed by atoms with Crippen LogP contribution in [0.1, 0.15) is 29.3 Å². The third kappa shape index (κ3) is 5.78. The summed E-state index contributed by atoms with van der Waals surface area (Å²) in [6.45, 7) is 4.14. The standard InChI is InChI=1S/C30H35N3O3/c1-5-26-25(24-11-6-7-12-27(24)31-26)19-29(34)32-28(18-21-10-8-9-20(2)17-21)30(35)33(3)22-13-15-23(36-4)16-14-22/h6-17,28-29,31-32,34H,5,18-19H2,1-4H3/t28-,29?/m0/s1. The highest BCUT2D eigenvalue weighted by Crippen LogP contribution is 2.25. The van der Waals surface area contributed by atoms with Gasteiger partial charge in [0.2, 0.25) is 5.91 Å². The number of rotatable bonds is 10.